The molecular formula is C28H36F3N5O3. The third-order valence-electron chi connectivity index (χ3n) is 8.27. The lowest BCUT2D eigenvalue weighted by atomic mass is 9.76. The average molecular weight is 548 g/mol. The molecule has 1 atom stereocenters. The van der Waals surface area contributed by atoms with Crippen LogP contribution in [0, 0.1) is 11.3 Å². The lowest BCUT2D eigenvalue weighted by Crippen LogP contribution is -2.37. The first kappa shape index (κ1) is 27.6. The number of hydroxylamine groups is 1. The molecule has 0 bridgehead atoms. The average Bonchev–Trinajstić information content (AvgIpc) is 3.51. The van der Waals surface area contributed by atoms with Gasteiger partial charge in [0.05, 0.1) is 11.5 Å². The molecule has 0 radical (unpaired) electrons. The zero-order chi connectivity index (χ0) is 27.9. The van der Waals surface area contributed by atoms with Gasteiger partial charge in [-0.3, -0.25) is 9.48 Å². The van der Waals surface area contributed by atoms with Crippen LogP contribution in [0.15, 0.2) is 23.2 Å². The summed E-state index contributed by atoms with van der Waals surface area (Å²) in [4.78, 5) is 23.5. The molecule has 2 aliphatic heterocycles. The SMILES string of the molecule is CCn1nc(C2N=C(c3ccc(CCN4CCC(C(=O)O)CC4)c(C(F)(F)F)c3)NO2)c2c1CC(C)(C)CC2. The first-order valence-electron chi connectivity index (χ1n) is 13.7. The molecule has 11 heteroatoms. The van der Waals surface area contributed by atoms with Gasteiger partial charge in [0.15, 0.2) is 5.84 Å². The molecule has 3 heterocycles. The molecule has 8 nitrogen and oxygen atoms in total. The predicted octanol–water partition coefficient (Wildman–Crippen LogP) is 4.76. The van der Waals surface area contributed by atoms with E-state index in [2.05, 4.69) is 24.3 Å². The van der Waals surface area contributed by atoms with E-state index in [4.69, 9.17) is 15.0 Å². The fraction of sp³-hybridized carbons (Fsp3) is 0.607. The van der Waals surface area contributed by atoms with Crippen molar-refractivity contribution in [2.75, 3.05) is 19.6 Å². The van der Waals surface area contributed by atoms with Gasteiger partial charge in [-0.15, -0.1) is 0 Å². The van der Waals surface area contributed by atoms with Gasteiger partial charge < -0.3 is 10.0 Å². The van der Waals surface area contributed by atoms with Gasteiger partial charge in [0.1, 0.15) is 5.69 Å². The van der Waals surface area contributed by atoms with Crippen molar-refractivity contribution in [3.63, 3.8) is 0 Å². The Labute approximate surface area is 226 Å². The second-order valence-corrected chi connectivity index (χ2v) is 11.6. The monoisotopic (exact) mass is 547 g/mol. The van der Waals surface area contributed by atoms with Crippen LogP contribution in [0.4, 0.5) is 13.2 Å². The van der Waals surface area contributed by atoms with E-state index < -0.39 is 23.9 Å². The Kier molecular flexibility index (Phi) is 7.49. The van der Waals surface area contributed by atoms with E-state index in [1.807, 2.05) is 16.5 Å². The number of piperidine rings is 1. The van der Waals surface area contributed by atoms with Crippen LogP contribution in [0.3, 0.4) is 0 Å². The van der Waals surface area contributed by atoms with Crippen LogP contribution in [-0.4, -0.2) is 51.2 Å². The minimum absolute atomic E-state index is 0.186. The predicted molar refractivity (Wildman–Crippen MR) is 139 cm³/mol. The first-order valence-corrected chi connectivity index (χ1v) is 13.7. The van der Waals surface area contributed by atoms with Crippen molar-refractivity contribution < 1.29 is 27.9 Å². The van der Waals surface area contributed by atoms with Crippen LogP contribution in [0.1, 0.15) is 79.9 Å². The maximum Gasteiger partial charge on any atom is 0.416 e. The van der Waals surface area contributed by atoms with Crippen molar-refractivity contribution in [2.24, 2.45) is 16.3 Å². The minimum Gasteiger partial charge on any atom is -0.481 e. The number of nitrogens with zero attached hydrogens (tertiary/aromatic N) is 4. The Morgan fingerprint density at radius 1 is 1.26 bits per heavy atom. The van der Waals surface area contributed by atoms with E-state index in [-0.39, 0.29) is 29.2 Å². The molecule has 1 aliphatic carbocycles. The van der Waals surface area contributed by atoms with Crippen molar-refractivity contribution in [3.05, 3.63) is 51.8 Å². The topological polar surface area (TPSA) is 92.0 Å². The number of carboxylic acids is 1. The number of halogens is 3. The Bertz CT molecular complexity index is 1260. The Balaban J connectivity index is 1.34. The molecule has 0 amide bonds. The standard InChI is InChI=1S/C28H36F3N5O3/c1-4-36-22-16-27(2,3)11-7-20(22)23(33-36)25-32-24(34-39-25)19-6-5-17(21(15-19)28(29,30)31)8-12-35-13-9-18(10-14-35)26(37)38/h5-6,15,18,25H,4,7-14,16H2,1-3H3,(H,32,34)(H,37,38). The minimum atomic E-state index is -4.52. The molecule has 0 saturated carbocycles. The van der Waals surface area contributed by atoms with E-state index in [1.165, 1.54) is 11.8 Å². The molecule has 5 rings (SSSR count). The number of aryl methyl sites for hydroxylation is 1. The van der Waals surface area contributed by atoms with Crippen molar-refractivity contribution in [3.8, 4) is 0 Å². The fourth-order valence-corrected chi connectivity index (χ4v) is 5.91. The molecule has 212 valence electrons. The number of amidine groups is 1. The Hall–Kier alpha value is -2.92. The number of hydrogen-bond acceptors (Lipinski definition) is 6. The van der Waals surface area contributed by atoms with E-state index in [0.29, 0.717) is 38.0 Å². The summed E-state index contributed by atoms with van der Waals surface area (Å²) in [5.41, 5.74) is 5.80. The lowest BCUT2D eigenvalue weighted by Gasteiger charge is -2.30. The highest BCUT2D eigenvalue weighted by Gasteiger charge is 2.37. The summed E-state index contributed by atoms with van der Waals surface area (Å²) in [6.07, 6.45) is -1.18. The van der Waals surface area contributed by atoms with Crippen LogP contribution in [0.2, 0.25) is 0 Å². The number of carbonyl (C=O) groups is 1. The van der Waals surface area contributed by atoms with Crippen molar-refractivity contribution in [1.29, 1.82) is 0 Å². The summed E-state index contributed by atoms with van der Waals surface area (Å²) in [5.74, 6) is -0.921. The van der Waals surface area contributed by atoms with E-state index in [1.54, 1.807) is 6.07 Å². The van der Waals surface area contributed by atoms with Crippen molar-refractivity contribution in [2.45, 2.75) is 78.2 Å². The number of likely N-dealkylation sites (tertiary alicyclic amines) is 1. The molecular weight excluding hydrogens is 511 g/mol. The third-order valence-corrected chi connectivity index (χ3v) is 8.27. The van der Waals surface area contributed by atoms with Crippen LogP contribution in [0.25, 0.3) is 0 Å². The van der Waals surface area contributed by atoms with Crippen LogP contribution < -0.4 is 5.48 Å². The van der Waals surface area contributed by atoms with Gasteiger partial charge in [-0.1, -0.05) is 26.0 Å². The second kappa shape index (κ2) is 10.6. The summed E-state index contributed by atoms with van der Waals surface area (Å²) < 4.78 is 44.2. The summed E-state index contributed by atoms with van der Waals surface area (Å²) in [6.45, 7) is 8.85. The number of aliphatic carboxylic acids is 1. The largest absolute Gasteiger partial charge is 0.481 e. The third kappa shape index (κ3) is 5.84. The summed E-state index contributed by atoms with van der Waals surface area (Å²) in [6, 6.07) is 4.28. The van der Waals surface area contributed by atoms with E-state index in [9.17, 15) is 18.0 Å². The lowest BCUT2D eigenvalue weighted by molar-refractivity contribution is -0.143. The zero-order valence-electron chi connectivity index (χ0n) is 22.6. The highest BCUT2D eigenvalue weighted by molar-refractivity contribution is 5.99. The molecule has 1 unspecified atom stereocenters. The number of benzene rings is 1. The van der Waals surface area contributed by atoms with Crippen LogP contribution >= 0.6 is 0 Å². The first-order chi connectivity index (χ1) is 18.4. The second-order valence-electron chi connectivity index (χ2n) is 11.6. The van der Waals surface area contributed by atoms with Gasteiger partial charge in [0.2, 0.25) is 6.23 Å². The van der Waals surface area contributed by atoms with Crippen LogP contribution in [-0.2, 0) is 41.6 Å². The van der Waals surface area contributed by atoms with E-state index in [0.717, 1.165) is 43.1 Å². The molecule has 3 aliphatic rings. The van der Waals surface area contributed by atoms with Gasteiger partial charge in [-0.2, -0.15) is 18.3 Å². The molecule has 1 aromatic carbocycles. The number of aromatic nitrogens is 2. The highest BCUT2D eigenvalue weighted by atomic mass is 19.4. The van der Waals surface area contributed by atoms with Gasteiger partial charge in [0.25, 0.3) is 0 Å². The van der Waals surface area contributed by atoms with Gasteiger partial charge >= 0.3 is 12.1 Å². The number of hydrogen-bond donors (Lipinski definition) is 2. The maximum absolute atomic E-state index is 14.1. The number of alkyl halides is 3. The number of carboxylic acid groups (broad SMARTS) is 1. The molecule has 39 heavy (non-hydrogen) atoms. The number of rotatable bonds is 7. The highest BCUT2D eigenvalue weighted by Crippen LogP contribution is 2.39. The number of aliphatic imine (C=N–C) groups is 1. The smallest absolute Gasteiger partial charge is 0.416 e. The van der Waals surface area contributed by atoms with Crippen molar-refractivity contribution >= 4 is 11.8 Å². The Morgan fingerprint density at radius 3 is 2.67 bits per heavy atom. The summed E-state index contributed by atoms with van der Waals surface area (Å²) >= 11 is 0. The summed E-state index contributed by atoms with van der Waals surface area (Å²) in [7, 11) is 0. The molecule has 1 fully saturated rings. The van der Waals surface area contributed by atoms with E-state index >= 15 is 0 Å². The molecule has 0 spiro atoms. The molecule has 1 saturated heterocycles. The fourth-order valence-electron chi connectivity index (χ4n) is 5.91. The quantitative estimate of drug-likeness (QED) is 0.520. The Morgan fingerprint density at radius 2 is 2.00 bits per heavy atom. The molecule has 1 aromatic heterocycles. The van der Waals surface area contributed by atoms with Gasteiger partial charge in [-0.25, -0.2) is 15.3 Å². The summed E-state index contributed by atoms with van der Waals surface area (Å²) in [5, 5.41) is 13.9. The number of nitrogens with one attached hydrogen (secondary N) is 1. The van der Waals surface area contributed by atoms with Gasteiger partial charge in [0, 0.05) is 29.9 Å². The molecule has 2 N–H and O–H groups in total. The maximum atomic E-state index is 14.1. The number of fused-ring (bicyclic) bond motifs is 1. The van der Waals surface area contributed by atoms with Crippen molar-refractivity contribution in [1.82, 2.24) is 20.2 Å². The van der Waals surface area contributed by atoms with Gasteiger partial charge in [-0.05, 0) is 75.6 Å². The normalized spacial score (nSPS) is 21.9. The zero-order valence-corrected chi connectivity index (χ0v) is 22.6. The molecule has 2 aromatic rings. The van der Waals surface area contributed by atoms with Crippen LogP contribution in [0.5, 0.6) is 0 Å².